The third-order valence-corrected chi connectivity index (χ3v) is 3.39. The second kappa shape index (κ2) is 5.42. The Morgan fingerprint density at radius 1 is 1.10 bits per heavy atom. The highest BCUT2D eigenvalue weighted by Crippen LogP contribution is 2.26. The van der Waals surface area contributed by atoms with Crippen LogP contribution in [0.4, 0.5) is 11.5 Å². The standard InChI is InChI=1S/C16H11ClN2O2/c17-12-9-11(16(20)21)5-7-14(12)19-15-8-6-10-3-1-2-4-13(10)18-15/h1-9H,(H,18,19)(H,20,21). The maximum absolute atomic E-state index is 10.9. The molecular formula is C16H11ClN2O2. The van der Waals surface area contributed by atoms with Crippen LogP contribution < -0.4 is 5.32 Å². The molecule has 3 aromatic rings. The van der Waals surface area contributed by atoms with E-state index in [-0.39, 0.29) is 5.56 Å². The Labute approximate surface area is 126 Å². The van der Waals surface area contributed by atoms with Crippen LogP contribution in [0.3, 0.4) is 0 Å². The Morgan fingerprint density at radius 3 is 2.67 bits per heavy atom. The van der Waals surface area contributed by atoms with Crippen molar-refractivity contribution in [2.45, 2.75) is 0 Å². The molecule has 3 rings (SSSR count). The molecule has 0 atom stereocenters. The maximum atomic E-state index is 10.9. The fraction of sp³-hybridized carbons (Fsp3) is 0. The molecule has 5 heteroatoms. The van der Waals surface area contributed by atoms with E-state index in [0.29, 0.717) is 16.5 Å². The Morgan fingerprint density at radius 2 is 1.90 bits per heavy atom. The van der Waals surface area contributed by atoms with Crippen molar-refractivity contribution in [1.29, 1.82) is 0 Å². The van der Waals surface area contributed by atoms with Crippen molar-refractivity contribution in [3.63, 3.8) is 0 Å². The number of para-hydroxylation sites is 1. The molecule has 0 radical (unpaired) electrons. The van der Waals surface area contributed by atoms with Gasteiger partial charge in [0.2, 0.25) is 0 Å². The first-order valence-corrected chi connectivity index (χ1v) is 6.67. The minimum atomic E-state index is -1.01. The molecule has 0 unspecified atom stereocenters. The van der Waals surface area contributed by atoms with Gasteiger partial charge in [-0.25, -0.2) is 9.78 Å². The van der Waals surface area contributed by atoms with Gasteiger partial charge in [-0.05, 0) is 36.4 Å². The number of nitrogens with zero attached hydrogens (tertiary/aromatic N) is 1. The number of aromatic carboxylic acids is 1. The number of carbonyl (C=O) groups is 1. The summed E-state index contributed by atoms with van der Waals surface area (Å²) in [6.45, 7) is 0. The Bertz CT molecular complexity index is 833. The smallest absolute Gasteiger partial charge is 0.335 e. The zero-order valence-electron chi connectivity index (χ0n) is 10.9. The maximum Gasteiger partial charge on any atom is 0.335 e. The number of benzene rings is 2. The normalized spacial score (nSPS) is 10.5. The fourth-order valence-electron chi connectivity index (χ4n) is 2.02. The summed E-state index contributed by atoms with van der Waals surface area (Å²) in [5.41, 5.74) is 1.64. The lowest BCUT2D eigenvalue weighted by Gasteiger charge is -2.09. The monoisotopic (exact) mass is 298 g/mol. The third kappa shape index (κ3) is 2.80. The summed E-state index contributed by atoms with van der Waals surface area (Å²) >= 11 is 6.09. The highest BCUT2D eigenvalue weighted by Gasteiger charge is 2.07. The van der Waals surface area contributed by atoms with Crippen LogP contribution in [0.5, 0.6) is 0 Å². The third-order valence-electron chi connectivity index (χ3n) is 3.08. The number of fused-ring (bicyclic) bond motifs is 1. The summed E-state index contributed by atoms with van der Waals surface area (Å²) in [5, 5.41) is 13.4. The molecule has 0 fully saturated rings. The van der Waals surface area contributed by atoms with Gasteiger partial charge in [0.05, 0.1) is 21.8 Å². The molecule has 2 N–H and O–H groups in total. The van der Waals surface area contributed by atoms with Crippen LogP contribution in [0.25, 0.3) is 10.9 Å². The van der Waals surface area contributed by atoms with Gasteiger partial charge in [0.1, 0.15) is 5.82 Å². The van der Waals surface area contributed by atoms with Gasteiger partial charge in [0, 0.05) is 5.39 Å². The Balaban J connectivity index is 1.93. The van der Waals surface area contributed by atoms with E-state index in [1.807, 2.05) is 36.4 Å². The number of carboxylic acids is 1. The summed E-state index contributed by atoms with van der Waals surface area (Å²) in [6, 6.07) is 16.1. The lowest BCUT2D eigenvalue weighted by Crippen LogP contribution is -1.98. The number of nitrogens with one attached hydrogen (secondary N) is 1. The molecule has 0 spiro atoms. The number of carboxylic acid groups (broad SMARTS) is 1. The summed E-state index contributed by atoms with van der Waals surface area (Å²) in [5.74, 6) is -0.356. The SMILES string of the molecule is O=C(O)c1ccc(Nc2ccc3ccccc3n2)c(Cl)c1. The second-order valence-electron chi connectivity index (χ2n) is 4.51. The van der Waals surface area contributed by atoms with Gasteiger partial charge >= 0.3 is 5.97 Å². The molecular weight excluding hydrogens is 288 g/mol. The largest absolute Gasteiger partial charge is 0.478 e. The number of hydrogen-bond donors (Lipinski definition) is 2. The van der Waals surface area contributed by atoms with Crippen molar-refractivity contribution in [1.82, 2.24) is 4.98 Å². The Kier molecular flexibility index (Phi) is 3.46. The second-order valence-corrected chi connectivity index (χ2v) is 4.92. The van der Waals surface area contributed by atoms with E-state index in [1.165, 1.54) is 12.1 Å². The van der Waals surface area contributed by atoms with E-state index >= 15 is 0 Å². The zero-order chi connectivity index (χ0) is 14.8. The first-order valence-electron chi connectivity index (χ1n) is 6.29. The van der Waals surface area contributed by atoms with Crippen molar-refractivity contribution in [2.24, 2.45) is 0 Å². The number of rotatable bonds is 3. The molecule has 0 saturated heterocycles. The minimum absolute atomic E-state index is 0.150. The number of pyridine rings is 1. The summed E-state index contributed by atoms with van der Waals surface area (Å²) in [6.07, 6.45) is 0. The van der Waals surface area contributed by atoms with Crippen LogP contribution in [-0.2, 0) is 0 Å². The van der Waals surface area contributed by atoms with Gasteiger partial charge < -0.3 is 10.4 Å². The lowest BCUT2D eigenvalue weighted by atomic mass is 10.2. The molecule has 0 bridgehead atoms. The lowest BCUT2D eigenvalue weighted by molar-refractivity contribution is 0.0697. The van der Waals surface area contributed by atoms with Crippen molar-refractivity contribution < 1.29 is 9.90 Å². The van der Waals surface area contributed by atoms with Crippen molar-refractivity contribution >= 4 is 40.0 Å². The van der Waals surface area contributed by atoms with Gasteiger partial charge in [0.15, 0.2) is 0 Å². The number of aromatic nitrogens is 1. The van der Waals surface area contributed by atoms with Gasteiger partial charge in [-0.2, -0.15) is 0 Å². The predicted molar refractivity (Wildman–Crippen MR) is 83.4 cm³/mol. The fourth-order valence-corrected chi connectivity index (χ4v) is 2.25. The highest BCUT2D eigenvalue weighted by atomic mass is 35.5. The van der Waals surface area contributed by atoms with Crippen LogP contribution in [-0.4, -0.2) is 16.1 Å². The van der Waals surface area contributed by atoms with E-state index in [0.717, 1.165) is 10.9 Å². The van der Waals surface area contributed by atoms with Crippen molar-refractivity contribution in [3.05, 3.63) is 65.2 Å². The summed E-state index contributed by atoms with van der Waals surface area (Å²) < 4.78 is 0. The van der Waals surface area contributed by atoms with Crippen molar-refractivity contribution in [3.8, 4) is 0 Å². The molecule has 0 aliphatic heterocycles. The van der Waals surface area contributed by atoms with Gasteiger partial charge in [-0.1, -0.05) is 29.8 Å². The molecule has 0 saturated carbocycles. The first-order chi connectivity index (χ1) is 10.1. The zero-order valence-corrected chi connectivity index (χ0v) is 11.6. The van der Waals surface area contributed by atoms with Gasteiger partial charge in [-0.3, -0.25) is 0 Å². The van der Waals surface area contributed by atoms with Crippen LogP contribution in [0, 0.1) is 0 Å². The molecule has 0 aliphatic carbocycles. The number of halogens is 1. The molecule has 2 aromatic carbocycles. The van der Waals surface area contributed by atoms with Gasteiger partial charge in [0.25, 0.3) is 0 Å². The van der Waals surface area contributed by atoms with Crippen LogP contribution in [0.1, 0.15) is 10.4 Å². The molecule has 21 heavy (non-hydrogen) atoms. The molecule has 0 amide bonds. The average Bonchev–Trinajstić information content (AvgIpc) is 2.49. The highest BCUT2D eigenvalue weighted by molar-refractivity contribution is 6.33. The topological polar surface area (TPSA) is 62.2 Å². The van der Waals surface area contributed by atoms with E-state index < -0.39 is 5.97 Å². The van der Waals surface area contributed by atoms with E-state index in [1.54, 1.807) is 6.07 Å². The molecule has 1 aromatic heterocycles. The Hall–Kier alpha value is -2.59. The number of hydrogen-bond acceptors (Lipinski definition) is 3. The molecule has 4 nitrogen and oxygen atoms in total. The summed E-state index contributed by atoms with van der Waals surface area (Å²) in [4.78, 5) is 15.4. The van der Waals surface area contributed by atoms with Crippen molar-refractivity contribution in [2.75, 3.05) is 5.32 Å². The van der Waals surface area contributed by atoms with Crippen LogP contribution in [0.2, 0.25) is 5.02 Å². The minimum Gasteiger partial charge on any atom is -0.478 e. The predicted octanol–water partition coefficient (Wildman–Crippen LogP) is 4.33. The van der Waals surface area contributed by atoms with E-state index in [9.17, 15) is 4.79 Å². The quantitative estimate of drug-likeness (QED) is 0.755. The molecule has 104 valence electrons. The van der Waals surface area contributed by atoms with Crippen LogP contribution in [0.15, 0.2) is 54.6 Å². The summed E-state index contributed by atoms with van der Waals surface area (Å²) in [7, 11) is 0. The first kappa shape index (κ1) is 13.4. The molecule has 1 heterocycles. The average molecular weight is 299 g/mol. The van der Waals surface area contributed by atoms with Gasteiger partial charge in [-0.15, -0.1) is 0 Å². The number of anilines is 2. The molecule has 0 aliphatic rings. The van der Waals surface area contributed by atoms with E-state index in [2.05, 4.69) is 10.3 Å². The van der Waals surface area contributed by atoms with Crippen LogP contribution >= 0.6 is 11.6 Å². The van der Waals surface area contributed by atoms with E-state index in [4.69, 9.17) is 16.7 Å².